The maximum Gasteiger partial charge on any atom is 0.167 e. The average molecular weight is 290 g/mol. The van der Waals surface area contributed by atoms with Crippen LogP contribution in [-0.2, 0) is 20.8 Å². The third-order valence-corrected chi connectivity index (χ3v) is 5.47. The van der Waals surface area contributed by atoms with E-state index >= 15 is 0 Å². The summed E-state index contributed by atoms with van der Waals surface area (Å²) in [6, 6.07) is 10.4. The van der Waals surface area contributed by atoms with Crippen molar-refractivity contribution in [2.45, 2.75) is 57.0 Å². The van der Waals surface area contributed by atoms with Crippen LogP contribution in [-0.4, -0.2) is 26.1 Å². The molecule has 2 aliphatic carbocycles. The van der Waals surface area contributed by atoms with Gasteiger partial charge in [0.15, 0.2) is 5.79 Å². The van der Waals surface area contributed by atoms with E-state index in [1.807, 2.05) is 6.07 Å². The highest BCUT2D eigenvalue weighted by atomic mass is 16.7. The molecule has 0 unspecified atom stereocenters. The molecule has 0 aliphatic heterocycles. The molecule has 1 aromatic carbocycles. The second kappa shape index (κ2) is 6.07. The fourth-order valence-corrected chi connectivity index (χ4v) is 3.87. The Balaban J connectivity index is 1.44. The van der Waals surface area contributed by atoms with Crippen molar-refractivity contribution in [1.29, 1.82) is 0 Å². The molecule has 2 aliphatic rings. The Morgan fingerprint density at radius 3 is 2.14 bits per heavy atom. The first-order valence-corrected chi connectivity index (χ1v) is 7.95. The van der Waals surface area contributed by atoms with Crippen molar-refractivity contribution in [3.8, 4) is 0 Å². The van der Waals surface area contributed by atoms with Crippen molar-refractivity contribution in [3.05, 3.63) is 35.9 Å². The molecular formula is C18H26O3. The van der Waals surface area contributed by atoms with Crippen LogP contribution >= 0.6 is 0 Å². The number of methoxy groups -OCH3 is 2. The van der Waals surface area contributed by atoms with Gasteiger partial charge in [-0.15, -0.1) is 0 Å². The highest BCUT2D eigenvalue weighted by molar-refractivity contribution is 5.13. The Morgan fingerprint density at radius 2 is 1.57 bits per heavy atom. The molecule has 0 atom stereocenters. The molecule has 0 aromatic heterocycles. The molecule has 1 aromatic rings. The summed E-state index contributed by atoms with van der Waals surface area (Å²) in [5, 5.41) is 0. The Bertz CT molecular complexity index is 435. The van der Waals surface area contributed by atoms with Crippen LogP contribution in [0.2, 0.25) is 0 Å². The van der Waals surface area contributed by atoms with E-state index in [1.165, 1.54) is 31.2 Å². The zero-order valence-electron chi connectivity index (χ0n) is 13.1. The molecule has 116 valence electrons. The lowest BCUT2D eigenvalue weighted by molar-refractivity contribution is -0.246. The number of hydrogen-bond acceptors (Lipinski definition) is 3. The maximum atomic E-state index is 6.03. The molecule has 2 fully saturated rings. The van der Waals surface area contributed by atoms with Crippen LogP contribution in [0, 0.1) is 5.41 Å². The van der Waals surface area contributed by atoms with Crippen LogP contribution in [0.1, 0.15) is 44.1 Å². The standard InChI is InChI=1S/C18H26O3/c1-19-18(20-2)10-8-17(9-11-18)12-16(13-17)21-14-15-6-4-3-5-7-15/h3-7,16H,8-14H2,1-2H3. The van der Waals surface area contributed by atoms with Crippen LogP contribution < -0.4 is 0 Å². The monoisotopic (exact) mass is 290 g/mol. The Kier molecular flexibility index (Phi) is 4.34. The van der Waals surface area contributed by atoms with Crippen LogP contribution in [0.5, 0.6) is 0 Å². The molecule has 21 heavy (non-hydrogen) atoms. The fourth-order valence-electron chi connectivity index (χ4n) is 3.87. The minimum atomic E-state index is -0.332. The molecule has 0 saturated heterocycles. The number of benzene rings is 1. The van der Waals surface area contributed by atoms with E-state index < -0.39 is 0 Å². The van der Waals surface area contributed by atoms with E-state index in [9.17, 15) is 0 Å². The Labute approximate surface area is 127 Å². The normalized spacial score (nSPS) is 23.9. The van der Waals surface area contributed by atoms with E-state index in [1.54, 1.807) is 14.2 Å². The summed E-state index contributed by atoms with van der Waals surface area (Å²) in [4.78, 5) is 0. The van der Waals surface area contributed by atoms with E-state index in [0.717, 1.165) is 19.4 Å². The van der Waals surface area contributed by atoms with Crippen LogP contribution in [0.4, 0.5) is 0 Å². The van der Waals surface area contributed by atoms with Gasteiger partial charge in [0.2, 0.25) is 0 Å². The Hall–Kier alpha value is -0.900. The highest BCUT2D eigenvalue weighted by Crippen LogP contribution is 2.55. The SMILES string of the molecule is COC1(OC)CCC2(CC1)CC(OCc1ccccc1)C2. The van der Waals surface area contributed by atoms with Gasteiger partial charge < -0.3 is 14.2 Å². The van der Waals surface area contributed by atoms with Gasteiger partial charge in [-0.05, 0) is 36.7 Å². The lowest BCUT2D eigenvalue weighted by Gasteiger charge is -2.53. The zero-order valence-corrected chi connectivity index (χ0v) is 13.1. The predicted molar refractivity (Wildman–Crippen MR) is 81.9 cm³/mol. The van der Waals surface area contributed by atoms with Gasteiger partial charge >= 0.3 is 0 Å². The van der Waals surface area contributed by atoms with Crippen LogP contribution in [0.15, 0.2) is 30.3 Å². The molecule has 0 bridgehead atoms. The summed E-state index contributed by atoms with van der Waals surface area (Å²) < 4.78 is 17.2. The lowest BCUT2D eigenvalue weighted by Crippen LogP contribution is -2.49. The minimum Gasteiger partial charge on any atom is -0.374 e. The molecule has 3 rings (SSSR count). The molecule has 0 heterocycles. The van der Waals surface area contributed by atoms with Crippen molar-refractivity contribution in [2.24, 2.45) is 5.41 Å². The molecule has 3 heteroatoms. The van der Waals surface area contributed by atoms with E-state index in [4.69, 9.17) is 14.2 Å². The second-order valence-corrected chi connectivity index (χ2v) is 6.65. The van der Waals surface area contributed by atoms with Crippen molar-refractivity contribution >= 4 is 0 Å². The zero-order chi connectivity index (χ0) is 14.8. The first-order valence-electron chi connectivity index (χ1n) is 7.95. The number of hydrogen-bond donors (Lipinski definition) is 0. The van der Waals surface area contributed by atoms with Gasteiger partial charge in [-0.3, -0.25) is 0 Å². The summed E-state index contributed by atoms with van der Waals surface area (Å²) in [6.45, 7) is 0.738. The van der Waals surface area contributed by atoms with Gasteiger partial charge in [0.1, 0.15) is 0 Å². The van der Waals surface area contributed by atoms with Crippen molar-refractivity contribution in [1.82, 2.24) is 0 Å². The van der Waals surface area contributed by atoms with Gasteiger partial charge in [0, 0.05) is 27.1 Å². The highest BCUT2D eigenvalue weighted by Gasteiger charge is 2.50. The molecule has 0 amide bonds. The molecule has 3 nitrogen and oxygen atoms in total. The van der Waals surface area contributed by atoms with Gasteiger partial charge in [-0.25, -0.2) is 0 Å². The Morgan fingerprint density at radius 1 is 0.952 bits per heavy atom. The van der Waals surface area contributed by atoms with Gasteiger partial charge in [-0.2, -0.15) is 0 Å². The largest absolute Gasteiger partial charge is 0.374 e. The average Bonchev–Trinajstić information content (AvgIpc) is 2.52. The first kappa shape index (κ1) is 15.0. The lowest BCUT2D eigenvalue weighted by atomic mass is 9.58. The van der Waals surface area contributed by atoms with Gasteiger partial charge in [-0.1, -0.05) is 30.3 Å². The molecule has 0 N–H and O–H groups in total. The van der Waals surface area contributed by atoms with E-state index in [-0.39, 0.29) is 5.79 Å². The van der Waals surface area contributed by atoms with Gasteiger partial charge in [0.25, 0.3) is 0 Å². The third kappa shape index (κ3) is 3.15. The van der Waals surface area contributed by atoms with Crippen molar-refractivity contribution in [2.75, 3.05) is 14.2 Å². The van der Waals surface area contributed by atoms with E-state index in [0.29, 0.717) is 11.5 Å². The van der Waals surface area contributed by atoms with Crippen molar-refractivity contribution < 1.29 is 14.2 Å². The first-order chi connectivity index (χ1) is 10.2. The van der Waals surface area contributed by atoms with E-state index in [2.05, 4.69) is 24.3 Å². The summed E-state index contributed by atoms with van der Waals surface area (Å²) >= 11 is 0. The number of ether oxygens (including phenoxy) is 3. The maximum absolute atomic E-state index is 6.03. The predicted octanol–water partition coefficient (Wildman–Crippen LogP) is 3.92. The fraction of sp³-hybridized carbons (Fsp3) is 0.667. The summed E-state index contributed by atoms with van der Waals surface area (Å²) in [7, 11) is 3.52. The van der Waals surface area contributed by atoms with Crippen LogP contribution in [0.25, 0.3) is 0 Å². The minimum absolute atomic E-state index is 0.332. The molecular weight excluding hydrogens is 264 g/mol. The third-order valence-electron chi connectivity index (χ3n) is 5.47. The molecule has 0 radical (unpaired) electrons. The number of rotatable bonds is 5. The quantitative estimate of drug-likeness (QED) is 0.769. The van der Waals surface area contributed by atoms with Crippen molar-refractivity contribution in [3.63, 3.8) is 0 Å². The molecule has 1 spiro atoms. The summed E-state index contributed by atoms with van der Waals surface area (Å²) in [5.41, 5.74) is 1.75. The summed E-state index contributed by atoms with van der Waals surface area (Å²) in [6.07, 6.45) is 7.23. The smallest absolute Gasteiger partial charge is 0.167 e. The summed E-state index contributed by atoms with van der Waals surface area (Å²) in [5.74, 6) is -0.332. The second-order valence-electron chi connectivity index (χ2n) is 6.65. The van der Waals surface area contributed by atoms with Crippen LogP contribution in [0.3, 0.4) is 0 Å². The topological polar surface area (TPSA) is 27.7 Å². The van der Waals surface area contributed by atoms with Gasteiger partial charge in [0.05, 0.1) is 12.7 Å². The molecule has 2 saturated carbocycles.